The summed E-state index contributed by atoms with van der Waals surface area (Å²) in [4.78, 5) is 31.4. The molecule has 3 N–H and O–H groups in total. The predicted octanol–water partition coefficient (Wildman–Crippen LogP) is 3.21. The smallest absolute Gasteiger partial charge is 0.246 e. The minimum Gasteiger partial charge on any atom is -0.483 e. The van der Waals surface area contributed by atoms with Crippen molar-refractivity contribution in [1.29, 1.82) is 0 Å². The number of amides is 2. The number of aliphatic hydroxyl groups is 1. The lowest BCUT2D eigenvalue weighted by Crippen LogP contribution is -2.68. The van der Waals surface area contributed by atoms with Gasteiger partial charge in [-0.05, 0) is 56.5 Å². The fourth-order valence-corrected chi connectivity index (χ4v) is 5.44. The Morgan fingerprint density at radius 2 is 2.09 bits per heavy atom. The number of hydrogen-bond donors (Lipinski definition) is 3. The second-order valence-electron chi connectivity index (χ2n) is 10.8. The van der Waals surface area contributed by atoms with E-state index in [4.69, 9.17) is 4.74 Å². The van der Waals surface area contributed by atoms with Gasteiger partial charge < -0.3 is 25.0 Å². The number of nitrogens with zero attached hydrogens (tertiary/aromatic N) is 1. The minimum atomic E-state index is -0.815. The molecule has 34 heavy (non-hydrogen) atoms. The molecule has 7 heteroatoms. The molecule has 3 aliphatic heterocycles. The van der Waals surface area contributed by atoms with E-state index in [0.717, 1.165) is 33.5 Å². The zero-order valence-electron chi connectivity index (χ0n) is 20.3. The predicted molar refractivity (Wildman–Crippen MR) is 132 cm³/mol. The summed E-state index contributed by atoms with van der Waals surface area (Å²) < 4.78 is 6.17. The summed E-state index contributed by atoms with van der Waals surface area (Å²) in [6.45, 7) is 12.7. The van der Waals surface area contributed by atoms with Gasteiger partial charge in [0.1, 0.15) is 23.4 Å². The Morgan fingerprint density at radius 1 is 1.32 bits per heavy atom. The zero-order valence-corrected chi connectivity index (χ0v) is 20.3. The molecule has 2 saturated heterocycles. The fraction of sp³-hybridized carbons (Fsp3) is 0.481. The van der Waals surface area contributed by atoms with Crippen LogP contribution in [0.2, 0.25) is 0 Å². The average Bonchev–Trinajstić information content (AvgIpc) is 3.15. The topological polar surface area (TPSA) is 94.7 Å². The lowest BCUT2D eigenvalue weighted by atomic mass is 9.84. The van der Waals surface area contributed by atoms with Crippen molar-refractivity contribution in [3.63, 3.8) is 0 Å². The first-order chi connectivity index (χ1) is 16.0. The maximum atomic E-state index is 13.4. The zero-order chi connectivity index (χ0) is 24.4. The molecule has 4 heterocycles. The van der Waals surface area contributed by atoms with Gasteiger partial charge in [-0.3, -0.25) is 9.59 Å². The molecule has 1 aromatic carbocycles. The van der Waals surface area contributed by atoms with Gasteiger partial charge in [0.25, 0.3) is 0 Å². The molecule has 0 aliphatic carbocycles. The third kappa shape index (κ3) is 3.54. The van der Waals surface area contributed by atoms with Crippen molar-refractivity contribution in [2.45, 2.75) is 76.2 Å². The summed E-state index contributed by atoms with van der Waals surface area (Å²) in [7, 11) is 0. The highest BCUT2D eigenvalue weighted by Crippen LogP contribution is 2.41. The number of carbonyl (C=O) groups excluding carboxylic acids is 2. The lowest BCUT2D eigenvalue weighted by Gasteiger charge is -2.44. The number of fused-ring (bicyclic) bond motifs is 4. The summed E-state index contributed by atoms with van der Waals surface area (Å²) in [5.74, 6) is 0.392. The molecule has 2 amide bonds. The van der Waals surface area contributed by atoms with Crippen LogP contribution in [-0.2, 0) is 21.4 Å². The van der Waals surface area contributed by atoms with E-state index in [2.05, 4.69) is 36.8 Å². The number of piperidine rings is 1. The number of benzene rings is 1. The maximum absolute atomic E-state index is 13.4. The quantitative estimate of drug-likeness (QED) is 0.607. The van der Waals surface area contributed by atoms with Gasteiger partial charge in [-0.15, -0.1) is 6.58 Å². The van der Waals surface area contributed by atoms with Gasteiger partial charge in [-0.25, -0.2) is 0 Å². The monoisotopic (exact) mass is 463 g/mol. The summed E-state index contributed by atoms with van der Waals surface area (Å²) in [6.07, 6.45) is 6.78. The van der Waals surface area contributed by atoms with Crippen molar-refractivity contribution in [3.8, 4) is 5.75 Å². The van der Waals surface area contributed by atoms with Gasteiger partial charge in [0.15, 0.2) is 0 Å². The van der Waals surface area contributed by atoms with Gasteiger partial charge in [0, 0.05) is 35.0 Å². The Bertz CT molecular complexity index is 1220. The second kappa shape index (κ2) is 7.73. The van der Waals surface area contributed by atoms with Crippen LogP contribution in [0.25, 0.3) is 17.0 Å². The van der Waals surface area contributed by atoms with Crippen molar-refractivity contribution in [1.82, 2.24) is 15.2 Å². The second-order valence-corrected chi connectivity index (χ2v) is 10.8. The van der Waals surface area contributed by atoms with Gasteiger partial charge in [-0.1, -0.05) is 19.9 Å². The van der Waals surface area contributed by atoms with E-state index in [0.29, 0.717) is 25.8 Å². The molecule has 0 spiro atoms. The maximum Gasteiger partial charge on any atom is 0.246 e. The number of piperazine rings is 1. The molecule has 1 aromatic heterocycles. The van der Waals surface area contributed by atoms with Crippen LogP contribution in [0.3, 0.4) is 0 Å². The number of H-pyrrole nitrogens is 1. The number of aromatic amines is 1. The Kier molecular flexibility index (Phi) is 5.17. The SMILES string of the molecule is C=CC(C)(C)c1[nH]c2c3c(ccc2c1CC1NC(=O)[C@@H]2[C@H](O)CCCN2C1=O)OC(C)(C)C=C3. The molecule has 5 rings (SSSR count). The van der Waals surface area contributed by atoms with Gasteiger partial charge in [0.05, 0.1) is 11.6 Å². The average molecular weight is 464 g/mol. The van der Waals surface area contributed by atoms with E-state index < -0.39 is 18.2 Å². The van der Waals surface area contributed by atoms with E-state index >= 15 is 0 Å². The molecule has 180 valence electrons. The van der Waals surface area contributed by atoms with Crippen LogP contribution in [0.4, 0.5) is 0 Å². The van der Waals surface area contributed by atoms with Crippen LogP contribution in [0.15, 0.2) is 30.9 Å². The molecule has 0 saturated carbocycles. The Morgan fingerprint density at radius 3 is 2.82 bits per heavy atom. The third-order valence-corrected chi connectivity index (χ3v) is 7.44. The minimum absolute atomic E-state index is 0.136. The molecule has 3 atom stereocenters. The summed E-state index contributed by atoms with van der Waals surface area (Å²) in [6, 6.07) is 2.53. The normalized spacial score (nSPS) is 26.0. The molecule has 0 radical (unpaired) electrons. The van der Waals surface area contributed by atoms with Crippen molar-refractivity contribution >= 4 is 28.8 Å². The third-order valence-electron chi connectivity index (χ3n) is 7.44. The largest absolute Gasteiger partial charge is 0.483 e. The standard InChI is InChI=1S/C27H33N3O4/c1-6-26(2,3)23-17(14-18-25(33)30-13-7-8-19(31)22(30)24(32)28-18)15-9-10-20-16(21(15)29-23)11-12-27(4,5)34-20/h6,9-12,18-19,22,29,31H,1,7-8,13-14H2,2-5H3,(H,28,32)/t18?,19-,22+/m1/s1. The van der Waals surface area contributed by atoms with Gasteiger partial charge >= 0.3 is 0 Å². The Hall–Kier alpha value is -3.06. The van der Waals surface area contributed by atoms with Gasteiger partial charge in [0.2, 0.25) is 11.8 Å². The number of nitrogens with one attached hydrogen (secondary N) is 2. The van der Waals surface area contributed by atoms with Crippen LogP contribution in [0, 0.1) is 0 Å². The van der Waals surface area contributed by atoms with Crippen LogP contribution in [0.5, 0.6) is 5.75 Å². The first-order valence-corrected chi connectivity index (χ1v) is 12.0. The van der Waals surface area contributed by atoms with Crippen molar-refractivity contribution in [2.75, 3.05) is 6.54 Å². The molecule has 2 fully saturated rings. The molecule has 1 unspecified atom stereocenters. The highest BCUT2D eigenvalue weighted by atomic mass is 16.5. The molecular weight excluding hydrogens is 430 g/mol. The number of aliphatic hydroxyl groups excluding tert-OH is 1. The van der Waals surface area contributed by atoms with Crippen molar-refractivity contribution in [2.24, 2.45) is 0 Å². The van der Waals surface area contributed by atoms with Crippen LogP contribution in [0.1, 0.15) is 57.4 Å². The van der Waals surface area contributed by atoms with E-state index in [1.165, 1.54) is 0 Å². The first-order valence-electron chi connectivity index (χ1n) is 12.0. The Labute approximate surface area is 199 Å². The summed E-state index contributed by atoms with van der Waals surface area (Å²) in [5.41, 5.74) is 3.11. The fourth-order valence-electron chi connectivity index (χ4n) is 5.44. The summed E-state index contributed by atoms with van der Waals surface area (Å²) in [5, 5.41) is 14.2. The molecule has 7 nitrogen and oxygen atoms in total. The van der Waals surface area contributed by atoms with Crippen LogP contribution < -0.4 is 10.1 Å². The number of ether oxygens (including phenoxy) is 1. The highest BCUT2D eigenvalue weighted by molar-refractivity contribution is 5.99. The number of aromatic nitrogens is 1. The van der Waals surface area contributed by atoms with E-state index in [-0.39, 0.29) is 22.8 Å². The van der Waals surface area contributed by atoms with Crippen LogP contribution >= 0.6 is 0 Å². The lowest BCUT2D eigenvalue weighted by molar-refractivity contribution is -0.157. The highest BCUT2D eigenvalue weighted by Gasteiger charge is 2.46. The van der Waals surface area contributed by atoms with E-state index in [1.807, 2.05) is 38.1 Å². The molecule has 0 bridgehead atoms. The van der Waals surface area contributed by atoms with Crippen molar-refractivity contribution < 1.29 is 19.4 Å². The van der Waals surface area contributed by atoms with E-state index in [9.17, 15) is 14.7 Å². The number of carbonyl (C=O) groups is 2. The van der Waals surface area contributed by atoms with Crippen LogP contribution in [-0.4, -0.2) is 57.1 Å². The Balaban J connectivity index is 1.59. The number of allylic oxidation sites excluding steroid dienone is 1. The van der Waals surface area contributed by atoms with Gasteiger partial charge in [-0.2, -0.15) is 0 Å². The van der Waals surface area contributed by atoms with E-state index in [1.54, 1.807) is 4.90 Å². The number of rotatable bonds is 4. The summed E-state index contributed by atoms with van der Waals surface area (Å²) >= 11 is 0. The molecular formula is C27H33N3O4. The van der Waals surface area contributed by atoms with Crippen molar-refractivity contribution in [3.05, 3.63) is 47.7 Å². The molecule has 3 aliphatic rings. The number of hydrogen-bond acceptors (Lipinski definition) is 4. The first kappa shape index (κ1) is 22.7. The molecule has 2 aromatic rings.